The summed E-state index contributed by atoms with van der Waals surface area (Å²) in [6.45, 7) is 20.9. The van der Waals surface area contributed by atoms with E-state index in [2.05, 4.69) is 19.7 Å². The van der Waals surface area contributed by atoms with Crippen LogP contribution in [0, 0.1) is 0 Å². The number of rotatable bonds is 12. The maximum atomic E-state index is 13.4. The minimum Gasteiger partial charge on any atom is -0.381 e. The van der Waals surface area contributed by atoms with Crippen molar-refractivity contribution < 1.29 is 32.5 Å². The smallest absolute Gasteiger partial charge is 0.381 e. The van der Waals surface area contributed by atoms with E-state index < -0.39 is 42.8 Å². The van der Waals surface area contributed by atoms with Gasteiger partial charge in [-0.25, -0.2) is 0 Å². The summed E-state index contributed by atoms with van der Waals surface area (Å²) < 4.78 is 28.8. The van der Waals surface area contributed by atoms with Crippen molar-refractivity contribution in [3.8, 4) is 0 Å². The molecule has 0 aromatic heterocycles. The summed E-state index contributed by atoms with van der Waals surface area (Å²) in [5.74, 6) is -3.79. The van der Waals surface area contributed by atoms with E-state index in [4.69, 9.17) is 13.6 Å². The summed E-state index contributed by atoms with van der Waals surface area (Å²) in [6, 6.07) is -0.635. The average molecular weight is 474 g/mol. The van der Waals surface area contributed by atoms with Gasteiger partial charge in [0.1, 0.15) is 0 Å². The van der Waals surface area contributed by atoms with Crippen molar-refractivity contribution in [2.45, 2.75) is 59.7 Å². The summed E-state index contributed by atoms with van der Waals surface area (Å²) >= 11 is 0. The number of phosphoric acid groups is 1. The lowest BCUT2D eigenvalue weighted by atomic mass is 10.3. The molecule has 182 valence electrons. The van der Waals surface area contributed by atoms with Gasteiger partial charge in [-0.2, -0.15) is 4.57 Å². The van der Waals surface area contributed by atoms with E-state index >= 15 is 0 Å². The van der Waals surface area contributed by atoms with Crippen LogP contribution in [-0.2, 0) is 32.5 Å². The fourth-order valence-corrected chi connectivity index (χ4v) is 3.03. The number of phosphoric ester groups is 1. The van der Waals surface area contributed by atoms with Crippen molar-refractivity contribution in [1.29, 1.82) is 0 Å². The molecular weight excluding hydrogens is 437 g/mol. The van der Waals surface area contributed by atoms with Crippen LogP contribution >= 0.6 is 7.82 Å². The quantitative estimate of drug-likeness (QED) is 0.243. The van der Waals surface area contributed by atoms with Crippen molar-refractivity contribution in [2.24, 2.45) is 0 Å². The molecule has 0 bridgehead atoms. The molecule has 0 spiro atoms. The average Bonchev–Trinajstić information content (AvgIpc) is 2.69. The Bertz CT molecular complexity index is 716. The van der Waals surface area contributed by atoms with Crippen LogP contribution in [0.25, 0.3) is 0 Å². The minimum absolute atomic E-state index is 0.212. The predicted octanol–water partition coefficient (Wildman–Crippen LogP) is 3.29. The summed E-state index contributed by atoms with van der Waals surface area (Å²) in [5.41, 5.74) is 0. The van der Waals surface area contributed by atoms with E-state index in [1.165, 1.54) is 35.8 Å². The molecule has 11 heteroatoms. The van der Waals surface area contributed by atoms with Gasteiger partial charge in [-0.15, -0.1) is 0 Å². The molecule has 0 heterocycles. The lowest BCUT2D eigenvalue weighted by Gasteiger charge is -2.27. The molecule has 0 aliphatic heterocycles. The van der Waals surface area contributed by atoms with Crippen molar-refractivity contribution in [3.63, 3.8) is 0 Å². The van der Waals surface area contributed by atoms with Crippen LogP contribution in [0.3, 0.4) is 0 Å². The molecule has 0 fully saturated rings. The number of amides is 3. The van der Waals surface area contributed by atoms with Gasteiger partial charge >= 0.3 is 7.82 Å². The lowest BCUT2D eigenvalue weighted by Crippen LogP contribution is -2.36. The van der Waals surface area contributed by atoms with Gasteiger partial charge in [0.15, 0.2) is 17.3 Å². The Morgan fingerprint density at radius 1 is 0.594 bits per heavy atom. The van der Waals surface area contributed by atoms with Crippen LogP contribution in [0.15, 0.2) is 37.0 Å². The van der Waals surface area contributed by atoms with Crippen LogP contribution in [0.4, 0.5) is 0 Å². The standard InChI is InChI=1S/C21H36N3O7P/c1-13(2)22(10)19(25)16(7)29-32(28,30-17(8)20(26)23(11)14(3)4)31-18(9)21(27)24(12)15(5)6/h13-15H,7-9H2,1-6,10-12H3. The second-order valence-corrected chi connectivity index (χ2v) is 9.46. The highest BCUT2D eigenvalue weighted by molar-refractivity contribution is 7.49. The van der Waals surface area contributed by atoms with Crippen LogP contribution in [0.2, 0.25) is 0 Å². The van der Waals surface area contributed by atoms with Gasteiger partial charge in [0.25, 0.3) is 17.7 Å². The van der Waals surface area contributed by atoms with Crippen molar-refractivity contribution in [3.05, 3.63) is 37.0 Å². The molecule has 0 aliphatic rings. The first-order valence-electron chi connectivity index (χ1n) is 10.0. The monoisotopic (exact) mass is 473 g/mol. The SMILES string of the molecule is C=C(OP(=O)(OC(=C)C(=O)N(C)C(C)C)OC(=C)C(=O)N(C)C(C)C)C(=O)N(C)C(C)C. The van der Waals surface area contributed by atoms with Gasteiger partial charge < -0.3 is 28.3 Å². The van der Waals surface area contributed by atoms with Gasteiger partial charge in [-0.1, -0.05) is 19.7 Å². The molecular formula is C21H36N3O7P. The van der Waals surface area contributed by atoms with Gasteiger partial charge in [0.2, 0.25) is 0 Å². The molecule has 0 saturated heterocycles. The molecule has 0 N–H and O–H groups in total. The molecule has 10 nitrogen and oxygen atoms in total. The van der Waals surface area contributed by atoms with E-state index in [0.717, 1.165) is 0 Å². The molecule has 0 rings (SSSR count). The Kier molecular flexibility index (Phi) is 10.8. The first kappa shape index (κ1) is 29.3. The zero-order valence-corrected chi connectivity index (χ0v) is 21.4. The number of carbonyl (C=O) groups excluding carboxylic acids is 3. The highest BCUT2D eigenvalue weighted by Crippen LogP contribution is 2.54. The van der Waals surface area contributed by atoms with Crippen molar-refractivity contribution in [2.75, 3.05) is 21.1 Å². The number of hydrogen-bond acceptors (Lipinski definition) is 7. The molecule has 0 saturated carbocycles. The fraction of sp³-hybridized carbons (Fsp3) is 0.571. The zero-order chi connectivity index (χ0) is 25.5. The van der Waals surface area contributed by atoms with Crippen molar-refractivity contribution in [1.82, 2.24) is 14.7 Å². The van der Waals surface area contributed by atoms with E-state index in [0.29, 0.717) is 0 Å². The topological polar surface area (TPSA) is 106 Å². The first-order chi connectivity index (χ1) is 14.4. The third-order valence-corrected chi connectivity index (χ3v) is 6.00. The van der Waals surface area contributed by atoms with Crippen LogP contribution in [0.5, 0.6) is 0 Å². The minimum atomic E-state index is -4.80. The second-order valence-electron chi connectivity index (χ2n) is 8.02. The third kappa shape index (κ3) is 8.07. The summed E-state index contributed by atoms with van der Waals surface area (Å²) in [4.78, 5) is 41.3. The molecule has 0 aromatic rings. The zero-order valence-electron chi connectivity index (χ0n) is 20.5. The Morgan fingerprint density at radius 2 is 0.781 bits per heavy atom. The summed E-state index contributed by atoms with van der Waals surface area (Å²) in [7, 11) is -0.317. The number of nitrogens with zero attached hydrogens (tertiary/aromatic N) is 3. The van der Waals surface area contributed by atoms with Gasteiger partial charge in [0, 0.05) is 39.3 Å². The van der Waals surface area contributed by atoms with E-state index in [1.807, 2.05) is 0 Å². The Balaban J connectivity index is 5.89. The molecule has 0 aliphatic carbocycles. The van der Waals surface area contributed by atoms with Crippen LogP contribution in [0.1, 0.15) is 41.5 Å². The predicted molar refractivity (Wildman–Crippen MR) is 122 cm³/mol. The highest BCUT2D eigenvalue weighted by atomic mass is 31.2. The molecule has 0 aromatic carbocycles. The van der Waals surface area contributed by atoms with Crippen molar-refractivity contribution >= 4 is 25.5 Å². The maximum Gasteiger partial charge on any atom is 0.647 e. The van der Waals surface area contributed by atoms with Gasteiger partial charge in [-0.3, -0.25) is 14.4 Å². The second kappa shape index (κ2) is 11.8. The normalized spacial score (nSPS) is 11.1. The lowest BCUT2D eigenvalue weighted by molar-refractivity contribution is -0.130. The Labute approximate surface area is 191 Å². The van der Waals surface area contributed by atoms with E-state index in [1.54, 1.807) is 41.5 Å². The van der Waals surface area contributed by atoms with E-state index in [-0.39, 0.29) is 18.1 Å². The molecule has 0 radical (unpaired) electrons. The van der Waals surface area contributed by atoms with Gasteiger partial charge in [-0.05, 0) is 41.5 Å². The number of hydrogen-bond donors (Lipinski definition) is 0. The van der Waals surface area contributed by atoms with Gasteiger partial charge in [0.05, 0.1) is 0 Å². The Morgan fingerprint density at radius 3 is 0.938 bits per heavy atom. The molecule has 3 amide bonds. The summed E-state index contributed by atoms with van der Waals surface area (Å²) in [5, 5.41) is 0. The first-order valence-corrected chi connectivity index (χ1v) is 11.5. The van der Waals surface area contributed by atoms with E-state index in [9.17, 15) is 18.9 Å². The largest absolute Gasteiger partial charge is 0.647 e. The molecule has 0 unspecified atom stereocenters. The number of likely N-dealkylation sites (N-methyl/N-ethyl adjacent to an activating group) is 3. The highest BCUT2D eigenvalue weighted by Gasteiger charge is 2.40. The molecule has 0 atom stereocenters. The van der Waals surface area contributed by atoms with Crippen LogP contribution < -0.4 is 0 Å². The number of carbonyl (C=O) groups is 3. The molecule has 32 heavy (non-hydrogen) atoms. The Hall–Kier alpha value is -2.74. The third-order valence-electron chi connectivity index (χ3n) is 4.67. The fourth-order valence-electron chi connectivity index (χ4n) is 1.87. The maximum absolute atomic E-state index is 13.4. The summed E-state index contributed by atoms with van der Waals surface area (Å²) in [6.07, 6.45) is 0. The van der Waals surface area contributed by atoms with Crippen LogP contribution in [-0.4, -0.2) is 71.7 Å².